The van der Waals surface area contributed by atoms with E-state index in [1.54, 1.807) is 0 Å². The second kappa shape index (κ2) is 40.0. The molecule has 2 fully saturated rings. The fourth-order valence-electron chi connectivity index (χ4n) is 3.63. The molecule has 0 amide bonds. The predicted octanol–water partition coefficient (Wildman–Crippen LogP) is 12.4. The van der Waals surface area contributed by atoms with Crippen molar-refractivity contribution in [2.24, 2.45) is 0 Å². The van der Waals surface area contributed by atoms with Crippen molar-refractivity contribution < 1.29 is 53.5 Å². The van der Waals surface area contributed by atoms with Gasteiger partial charge in [-0.25, -0.2) is 0 Å². The van der Waals surface area contributed by atoms with Crippen LogP contribution in [0.1, 0.15) is 178 Å². The zero-order valence-corrected chi connectivity index (χ0v) is 32.8. The molecule has 2 rings (SSSR count). The number of hydrogen-bond donors (Lipinski definition) is 0. The molecule has 4 atom stereocenters. The smallest absolute Gasteiger partial charge is 0.0841 e. The van der Waals surface area contributed by atoms with Crippen molar-refractivity contribution in [3.8, 4) is 0 Å². The number of hydrogen-bond acceptors (Lipinski definition) is 2. The standard InChI is InChI=1S/2C7H14O.C7H16.2C7H14.Ac/c1-3-4-5-7-6(2)8-7;1-3-5-7-6(4-2)8-7;3*1-3-5-7-6-4-2;/h2*6-7H,3-5H2,1-2H3;3-7H2,1-2H3;5,7H,3-4,6H2,1-2H3;3,5H,4,6-7H2,1-2H3;/b;;;7-5-;5-3-;. The first-order chi connectivity index (χ1) is 18.0. The number of unbranched alkanes of at least 4 members (excludes halogenated alkanes) is 8. The summed E-state index contributed by atoms with van der Waals surface area (Å²) in [6.07, 6.45) is 33.4. The van der Waals surface area contributed by atoms with E-state index in [1.165, 1.54) is 109 Å². The van der Waals surface area contributed by atoms with Gasteiger partial charge < -0.3 is 9.47 Å². The van der Waals surface area contributed by atoms with Gasteiger partial charge in [0, 0.05) is 44.1 Å². The van der Waals surface area contributed by atoms with E-state index in [4.69, 9.17) is 9.47 Å². The summed E-state index contributed by atoms with van der Waals surface area (Å²) in [5.74, 6) is 0. The Labute approximate surface area is 278 Å². The van der Waals surface area contributed by atoms with Crippen LogP contribution in [0.4, 0.5) is 0 Å². The summed E-state index contributed by atoms with van der Waals surface area (Å²) in [5, 5.41) is 0. The topological polar surface area (TPSA) is 25.1 Å². The quantitative estimate of drug-likeness (QED) is 0.0891. The Morgan fingerprint density at radius 2 is 1.11 bits per heavy atom. The zero-order chi connectivity index (χ0) is 28.6. The van der Waals surface area contributed by atoms with Crippen LogP contribution in [0.2, 0.25) is 0 Å². The summed E-state index contributed by atoms with van der Waals surface area (Å²) >= 11 is 0. The van der Waals surface area contributed by atoms with Crippen LogP contribution in [-0.2, 0) is 9.47 Å². The second-order valence-electron chi connectivity index (χ2n) is 10.4. The number of epoxide rings is 2. The third kappa shape index (κ3) is 41.3. The molecule has 1 radical (unpaired) electrons. The van der Waals surface area contributed by atoms with Crippen LogP contribution >= 0.6 is 0 Å². The van der Waals surface area contributed by atoms with Crippen LogP contribution in [-0.4, -0.2) is 24.4 Å². The molecule has 2 heterocycles. The minimum atomic E-state index is 0. The molecule has 0 aliphatic carbocycles. The van der Waals surface area contributed by atoms with Gasteiger partial charge in [0.25, 0.3) is 0 Å². The Morgan fingerprint density at radius 1 is 0.526 bits per heavy atom. The molecule has 227 valence electrons. The Morgan fingerprint density at radius 3 is 1.47 bits per heavy atom. The van der Waals surface area contributed by atoms with Crippen molar-refractivity contribution in [3.63, 3.8) is 0 Å². The van der Waals surface area contributed by atoms with E-state index < -0.39 is 0 Å². The first-order valence-corrected chi connectivity index (χ1v) is 16.5. The summed E-state index contributed by atoms with van der Waals surface area (Å²) in [5.41, 5.74) is 0. The van der Waals surface area contributed by atoms with E-state index in [2.05, 4.69) is 93.5 Å². The molecule has 0 bridgehead atoms. The average molecular weight is 752 g/mol. The molecular weight excluding hydrogens is 679 g/mol. The fraction of sp³-hybridized carbons (Fsp3) is 0.886. The first-order valence-electron chi connectivity index (χ1n) is 16.5. The molecule has 0 aromatic heterocycles. The third-order valence-electron chi connectivity index (χ3n) is 6.37. The van der Waals surface area contributed by atoms with Crippen molar-refractivity contribution in [1.82, 2.24) is 0 Å². The van der Waals surface area contributed by atoms with Gasteiger partial charge in [-0.15, -0.1) is 0 Å². The Balaban J connectivity index is -0.000000189. The molecule has 2 saturated heterocycles. The summed E-state index contributed by atoms with van der Waals surface area (Å²) in [6, 6.07) is 0. The molecule has 3 heteroatoms. The predicted molar refractivity (Wildman–Crippen MR) is 171 cm³/mol. The van der Waals surface area contributed by atoms with E-state index in [9.17, 15) is 0 Å². The molecule has 0 aromatic rings. The molecule has 0 aromatic carbocycles. The SMILES string of the molecule is C/C=C\CCCC.CC/C=C\CCC.CCCC1OC1CC.CCCCC1OC1C.CCCCCCC.[Ac]. The molecule has 2 aliphatic heterocycles. The van der Waals surface area contributed by atoms with Crippen LogP contribution in [0.5, 0.6) is 0 Å². The number of rotatable bonds is 16. The molecule has 4 unspecified atom stereocenters. The molecular formula is C35H72AcO2. The van der Waals surface area contributed by atoms with Gasteiger partial charge in [-0.1, -0.05) is 150 Å². The largest absolute Gasteiger partial charge is 0.370 e. The molecule has 38 heavy (non-hydrogen) atoms. The van der Waals surface area contributed by atoms with E-state index in [0.717, 1.165) is 0 Å². The van der Waals surface area contributed by atoms with E-state index in [-0.39, 0.29) is 44.1 Å². The van der Waals surface area contributed by atoms with Crippen LogP contribution in [0.15, 0.2) is 24.3 Å². The first kappa shape index (κ1) is 45.8. The minimum absolute atomic E-state index is 0. The number of ether oxygens (including phenoxy) is 2. The van der Waals surface area contributed by atoms with Crippen molar-refractivity contribution in [2.45, 2.75) is 203 Å². The van der Waals surface area contributed by atoms with Crippen molar-refractivity contribution in [2.75, 3.05) is 0 Å². The fourth-order valence-corrected chi connectivity index (χ4v) is 3.63. The Bertz CT molecular complexity index is 445. The molecule has 0 saturated carbocycles. The van der Waals surface area contributed by atoms with Crippen LogP contribution in [0.25, 0.3) is 0 Å². The minimum Gasteiger partial charge on any atom is -0.370 e. The van der Waals surface area contributed by atoms with Gasteiger partial charge in [0.2, 0.25) is 0 Å². The van der Waals surface area contributed by atoms with Gasteiger partial charge in [-0.2, -0.15) is 0 Å². The molecule has 2 aliphatic rings. The Hall–Kier alpha value is 0.842. The van der Waals surface area contributed by atoms with Gasteiger partial charge in [-0.05, 0) is 52.4 Å². The van der Waals surface area contributed by atoms with Gasteiger partial charge in [-0.3, -0.25) is 0 Å². The normalized spacial score (nSPS) is 20.5. The maximum absolute atomic E-state index is 5.31. The number of allylic oxidation sites excluding steroid dienone is 4. The average Bonchev–Trinajstić information content (AvgIpc) is 3.83. The van der Waals surface area contributed by atoms with Gasteiger partial charge in [0.1, 0.15) is 0 Å². The van der Waals surface area contributed by atoms with Crippen LogP contribution in [0.3, 0.4) is 0 Å². The summed E-state index contributed by atoms with van der Waals surface area (Å²) < 4.78 is 10.5. The van der Waals surface area contributed by atoms with Crippen molar-refractivity contribution >= 4 is 0 Å². The van der Waals surface area contributed by atoms with Gasteiger partial charge in [0.15, 0.2) is 0 Å². The van der Waals surface area contributed by atoms with Crippen LogP contribution in [0, 0.1) is 44.1 Å². The third-order valence-corrected chi connectivity index (χ3v) is 6.37. The Kier molecular flexibility index (Phi) is 48.2. The summed E-state index contributed by atoms with van der Waals surface area (Å²) in [7, 11) is 0. The molecule has 0 N–H and O–H groups in total. The van der Waals surface area contributed by atoms with E-state index >= 15 is 0 Å². The van der Waals surface area contributed by atoms with E-state index in [1.807, 2.05) is 0 Å². The maximum Gasteiger partial charge on any atom is 0.0841 e. The zero-order valence-electron chi connectivity index (χ0n) is 28.0. The second-order valence-corrected chi connectivity index (χ2v) is 10.4. The van der Waals surface area contributed by atoms with Gasteiger partial charge in [0.05, 0.1) is 24.4 Å². The summed E-state index contributed by atoms with van der Waals surface area (Å²) in [4.78, 5) is 0. The molecule has 0 spiro atoms. The van der Waals surface area contributed by atoms with E-state index in [0.29, 0.717) is 24.4 Å². The molecule has 2 nitrogen and oxygen atoms in total. The monoisotopic (exact) mass is 752 g/mol. The van der Waals surface area contributed by atoms with Crippen LogP contribution < -0.4 is 0 Å². The maximum atomic E-state index is 5.31. The summed E-state index contributed by atoms with van der Waals surface area (Å²) in [6.45, 7) is 21.9. The van der Waals surface area contributed by atoms with Crippen molar-refractivity contribution in [3.05, 3.63) is 24.3 Å². The van der Waals surface area contributed by atoms with Crippen molar-refractivity contribution in [1.29, 1.82) is 0 Å². The van der Waals surface area contributed by atoms with Gasteiger partial charge >= 0.3 is 0 Å².